The van der Waals surface area contributed by atoms with Crippen molar-refractivity contribution < 1.29 is 9.47 Å². The fourth-order valence-corrected chi connectivity index (χ4v) is 4.02. The molecule has 1 saturated carbocycles. The molecule has 3 heteroatoms. The van der Waals surface area contributed by atoms with Gasteiger partial charge < -0.3 is 14.8 Å². The minimum atomic E-state index is 0.374. The molecule has 0 heterocycles. The van der Waals surface area contributed by atoms with Crippen LogP contribution in [0.25, 0.3) is 0 Å². The topological polar surface area (TPSA) is 30.5 Å². The summed E-state index contributed by atoms with van der Waals surface area (Å²) >= 11 is 0. The quantitative estimate of drug-likeness (QED) is 0.850. The van der Waals surface area contributed by atoms with Gasteiger partial charge in [-0.05, 0) is 61.9 Å². The highest BCUT2D eigenvalue weighted by molar-refractivity contribution is 5.48. The molecule has 0 bridgehead atoms. The maximum absolute atomic E-state index is 5.50. The molecule has 0 amide bonds. The van der Waals surface area contributed by atoms with E-state index in [1.807, 2.05) is 0 Å². The summed E-state index contributed by atoms with van der Waals surface area (Å²) in [7, 11) is 5.48. The van der Waals surface area contributed by atoms with Crippen LogP contribution in [0.1, 0.15) is 56.2 Å². The van der Waals surface area contributed by atoms with Gasteiger partial charge >= 0.3 is 0 Å². The molecular weight excluding hydrogens is 262 g/mol. The van der Waals surface area contributed by atoms with Crippen molar-refractivity contribution in [3.05, 3.63) is 23.3 Å². The SMILES string of the molecule is CCC1(C(NC)c2cc(OC)c(OC)cc2C)CCCC1. The van der Waals surface area contributed by atoms with E-state index in [0.717, 1.165) is 11.5 Å². The lowest BCUT2D eigenvalue weighted by Crippen LogP contribution is -2.34. The monoisotopic (exact) mass is 291 g/mol. The fourth-order valence-electron chi connectivity index (χ4n) is 4.02. The first kappa shape index (κ1) is 16.2. The van der Waals surface area contributed by atoms with Gasteiger partial charge in [-0.25, -0.2) is 0 Å². The zero-order valence-electron chi connectivity index (χ0n) is 14.1. The maximum Gasteiger partial charge on any atom is 0.161 e. The second-order valence-corrected chi connectivity index (χ2v) is 6.21. The molecule has 0 radical (unpaired) electrons. The summed E-state index contributed by atoms with van der Waals surface area (Å²) in [6.45, 7) is 4.49. The van der Waals surface area contributed by atoms with Crippen molar-refractivity contribution in [2.75, 3.05) is 21.3 Å². The molecule has 1 fully saturated rings. The Hall–Kier alpha value is -1.22. The number of aryl methyl sites for hydroxylation is 1. The number of rotatable bonds is 6. The van der Waals surface area contributed by atoms with Crippen molar-refractivity contribution in [2.45, 2.75) is 52.0 Å². The molecule has 1 N–H and O–H groups in total. The Morgan fingerprint density at radius 2 is 1.71 bits per heavy atom. The van der Waals surface area contributed by atoms with E-state index in [-0.39, 0.29) is 0 Å². The molecule has 118 valence electrons. The maximum atomic E-state index is 5.50. The predicted octanol–water partition coefficient (Wildman–Crippen LogP) is 4.24. The molecule has 0 aromatic heterocycles. The molecule has 3 nitrogen and oxygen atoms in total. The Labute approximate surface area is 129 Å². The molecule has 1 aromatic carbocycles. The van der Waals surface area contributed by atoms with Crippen LogP contribution in [0.5, 0.6) is 11.5 Å². The van der Waals surface area contributed by atoms with Gasteiger partial charge in [0, 0.05) is 6.04 Å². The Kier molecular flexibility index (Phi) is 5.15. The van der Waals surface area contributed by atoms with Gasteiger partial charge in [-0.3, -0.25) is 0 Å². The Bertz CT molecular complexity index is 478. The summed E-state index contributed by atoms with van der Waals surface area (Å²) in [6, 6.07) is 4.63. The van der Waals surface area contributed by atoms with Crippen LogP contribution in [0.4, 0.5) is 0 Å². The molecular formula is C18H29NO2. The molecule has 0 spiro atoms. The summed E-state index contributed by atoms with van der Waals surface area (Å²) in [5, 5.41) is 3.59. The first-order valence-electron chi connectivity index (χ1n) is 8.01. The second kappa shape index (κ2) is 6.69. The number of methoxy groups -OCH3 is 2. The van der Waals surface area contributed by atoms with Gasteiger partial charge in [-0.1, -0.05) is 19.8 Å². The number of hydrogen-bond donors (Lipinski definition) is 1. The van der Waals surface area contributed by atoms with Crippen LogP contribution < -0.4 is 14.8 Å². The van der Waals surface area contributed by atoms with Crippen LogP contribution in [-0.4, -0.2) is 21.3 Å². The van der Waals surface area contributed by atoms with E-state index in [2.05, 4.69) is 38.3 Å². The Morgan fingerprint density at radius 3 is 2.19 bits per heavy atom. The number of nitrogens with one attached hydrogen (secondary N) is 1. The van der Waals surface area contributed by atoms with Gasteiger partial charge in [0.05, 0.1) is 14.2 Å². The summed E-state index contributed by atoms with van der Waals surface area (Å²) in [5.41, 5.74) is 2.99. The number of ether oxygens (including phenoxy) is 2. The van der Waals surface area contributed by atoms with E-state index in [1.165, 1.54) is 43.2 Å². The van der Waals surface area contributed by atoms with E-state index in [1.54, 1.807) is 14.2 Å². The van der Waals surface area contributed by atoms with Gasteiger partial charge in [0.25, 0.3) is 0 Å². The van der Waals surface area contributed by atoms with Crippen molar-refractivity contribution in [1.29, 1.82) is 0 Å². The van der Waals surface area contributed by atoms with Crippen molar-refractivity contribution in [1.82, 2.24) is 5.32 Å². The molecule has 1 aromatic rings. The largest absolute Gasteiger partial charge is 0.493 e. The van der Waals surface area contributed by atoms with Crippen LogP contribution in [0.2, 0.25) is 0 Å². The minimum absolute atomic E-state index is 0.374. The zero-order chi connectivity index (χ0) is 15.5. The van der Waals surface area contributed by atoms with Gasteiger partial charge in [0.2, 0.25) is 0 Å². The predicted molar refractivity (Wildman–Crippen MR) is 87.3 cm³/mol. The third kappa shape index (κ3) is 2.89. The summed E-state index contributed by atoms with van der Waals surface area (Å²) in [5.74, 6) is 1.63. The average Bonchev–Trinajstić information content (AvgIpc) is 2.99. The minimum Gasteiger partial charge on any atom is -0.493 e. The molecule has 0 saturated heterocycles. The van der Waals surface area contributed by atoms with E-state index in [0.29, 0.717) is 11.5 Å². The Balaban J connectivity index is 2.47. The molecule has 1 unspecified atom stereocenters. The third-order valence-corrected chi connectivity index (χ3v) is 5.29. The molecule has 1 aliphatic rings. The first-order valence-corrected chi connectivity index (χ1v) is 8.01. The van der Waals surface area contributed by atoms with Crippen LogP contribution >= 0.6 is 0 Å². The van der Waals surface area contributed by atoms with Gasteiger partial charge in [0.15, 0.2) is 11.5 Å². The smallest absolute Gasteiger partial charge is 0.161 e. The molecule has 1 atom stereocenters. The summed E-state index contributed by atoms with van der Waals surface area (Å²) < 4.78 is 10.9. The van der Waals surface area contributed by atoms with E-state index >= 15 is 0 Å². The first-order chi connectivity index (χ1) is 10.1. The normalized spacial score (nSPS) is 18.5. The van der Waals surface area contributed by atoms with E-state index < -0.39 is 0 Å². The third-order valence-electron chi connectivity index (χ3n) is 5.29. The molecule has 1 aliphatic carbocycles. The van der Waals surface area contributed by atoms with Crippen LogP contribution in [0, 0.1) is 12.3 Å². The lowest BCUT2D eigenvalue weighted by molar-refractivity contribution is 0.194. The van der Waals surface area contributed by atoms with Crippen LogP contribution in [0.15, 0.2) is 12.1 Å². The highest BCUT2D eigenvalue weighted by Gasteiger charge is 2.40. The zero-order valence-corrected chi connectivity index (χ0v) is 14.1. The van der Waals surface area contributed by atoms with Gasteiger partial charge in [0.1, 0.15) is 0 Å². The van der Waals surface area contributed by atoms with Gasteiger partial charge in [-0.15, -0.1) is 0 Å². The van der Waals surface area contributed by atoms with Gasteiger partial charge in [-0.2, -0.15) is 0 Å². The van der Waals surface area contributed by atoms with E-state index in [9.17, 15) is 0 Å². The summed E-state index contributed by atoms with van der Waals surface area (Å²) in [6.07, 6.45) is 6.52. The molecule has 2 rings (SSSR count). The highest BCUT2D eigenvalue weighted by atomic mass is 16.5. The average molecular weight is 291 g/mol. The van der Waals surface area contributed by atoms with Crippen molar-refractivity contribution in [2.24, 2.45) is 5.41 Å². The number of hydrogen-bond acceptors (Lipinski definition) is 3. The van der Waals surface area contributed by atoms with Crippen molar-refractivity contribution >= 4 is 0 Å². The van der Waals surface area contributed by atoms with Crippen LogP contribution in [-0.2, 0) is 0 Å². The molecule has 21 heavy (non-hydrogen) atoms. The lowest BCUT2D eigenvalue weighted by atomic mass is 9.72. The van der Waals surface area contributed by atoms with Crippen molar-refractivity contribution in [3.63, 3.8) is 0 Å². The van der Waals surface area contributed by atoms with Crippen LogP contribution in [0.3, 0.4) is 0 Å². The van der Waals surface area contributed by atoms with Crippen molar-refractivity contribution in [3.8, 4) is 11.5 Å². The summed E-state index contributed by atoms with van der Waals surface area (Å²) in [4.78, 5) is 0. The Morgan fingerprint density at radius 1 is 1.14 bits per heavy atom. The second-order valence-electron chi connectivity index (χ2n) is 6.21. The molecule has 0 aliphatic heterocycles. The lowest BCUT2D eigenvalue weighted by Gasteiger charge is -2.38. The standard InChI is InChI=1S/C18H29NO2/c1-6-18(9-7-8-10-18)17(19-3)14-12-16(21-5)15(20-4)11-13(14)2/h11-12,17,19H,6-10H2,1-5H3. The highest BCUT2D eigenvalue weighted by Crippen LogP contribution is 2.51. The van der Waals surface area contributed by atoms with E-state index in [4.69, 9.17) is 9.47 Å². The fraction of sp³-hybridized carbons (Fsp3) is 0.667. The number of benzene rings is 1.